The molecule has 4 nitrogen and oxygen atoms in total. The first kappa shape index (κ1) is 15.9. The Balaban J connectivity index is 1.66. The summed E-state index contributed by atoms with van der Waals surface area (Å²) in [6.45, 7) is 8.85. The molecule has 23 heavy (non-hydrogen) atoms. The van der Waals surface area contributed by atoms with E-state index in [0.29, 0.717) is 0 Å². The van der Waals surface area contributed by atoms with Crippen LogP contribution in [0.5, 0.6) is 0 Å². The van der Waals surface area contributed by atoms with Crippen LogP contribution in [0.4, 0.5) is 10.2 Å². The topological polar surface area (TPSA) is 32.3 Å². The Bertz CT molecular complexity index is 674. The Morgan fingerprint density at radius 3 is 2.83 bits per heavy atom. The molecule has 3 rings (SSSR count). The Kier molecular flexibility index (Phi) is 4.86. The summed E-state index contributed by atoms with van der Waals surface area (Å²) < 4.78 is 13.3. The van der Waals surface area contributed by atoms with Gasteiger partial charge in [-0.1, -0.05) is 12.1 Å². The van der Waals surface area contributed by atoms with E-state index in [4.69, 9.17) is 0 Å². The van der Waals surface area contributed by atoms with Crippen LogP contribution in [0.15, 0.2) is 30.5 Å². The number of aryl methyl sites for hydroxylation is 1. The maximum Gasteiger partial charge on any atom is 0.154 e. The van der Waals surface area contributed by atoms with Crippen molar-refractivity contribution in [2.45, 2.75) is 26.8 Å². The van der Waals surface area contributed by atoms with Crippen LogP contribution in [-0.4, -0.2) is 41.3 Å². The second kappa shape index (κ2) is 7.04. The number of aromatic nitrogens is 2. The minimum atomic E-state index is -0.162. The molecule has 0 amide bonds. The number of rotatable bonds is 3. The molecule has 2 aromatic rings. The molecule has 0 unspecified atom stereocenters. The monoisotopic (exact) mass is 314 g/mol. The summed E-state index contributed by atoms with van der Waals surface area (Å²) in [5, 5.41) is 8.43. The minimum Gasteiger partial charge on any atom is -0.354 e. The molecular weight excluding hydrogens is 291 g/mol. The van der Waals surface area contributed by atoms with Crippen molar-refractivity contribution in [3.63, 3.8) is 0 Å². The fourth-order valence-corrected chi connectivity index (χ4v) is 3.05. The molecule has 1 aromatic heterocycles. The summed E-state index contributed by atoms with van der Waals surface area (Å²) in [5.41, 5.74) is 3.42. The van der Waals surface area contributed by atoms with E-state index in [1.54, 1.807) is 12.1 Å². The lowest BCUT2D eigenvalue weighted by Crippen LogP contribution is -2.31. The molecule has 5 heteroatoms. The number of hydrogen-bond donors (Lipinski definition) is 0. The number of benzene rings is 1. The van der Waals surface area contributed by atoms with E-state index >= 15 is 0 Å². The van der Waals surface area contributed by atoms with Gasteiger partial charge in [-0.15, -0.1) is 5.10 Å². The van der Waals surface area contributed by atoms with Gasteiger partial charge in [0.2, 0.25) is 0 Å². The first-order chi connectivity index (χ1) is 11.1. The second-order valence-corrected chi connectivity index (χ2v) is 6.22. The van der Waals surface area contributed by atoms with E-state index in [0.717, 1.165) is 50.5 Å². The molecule has 0 spiro atoms. The zero-order chi connectivity index (χ0) is 16.2. The van der Waals surface area contributed by atoms with Gasteiger partial charge in [-0.25, -0.2) is 4.39 Å². The van der Waals surface area contributed by atoms with Gasteiger partial charge in [0, 0.05) is 32.7 Å². The van der Waals surface area contributed by atoms with Crippen LogP contribution >= 0.6 is 0 Å². The van der Waals surface area contributed by atoms with E-state index in [1.807, 2.05) is 12.3 Å². The lowest BCUT2D eigenvalue weighted by atomic mass is 10.2. The Morgan fingerprint density at radius 2 is 2.00 bits per heavy atom. The smallest absolute Gasteiger partial charge is 0.154 e. The molecule has 2 heterocycles. The zero-order valence-electron chi connectivity index (χ0n) is 13.8. The molecular formula is C18H23FN4. The number of anilines is 1. The molecule has 0 saturated carbocycles. The molecule has 1 aliphatic heterocycles. The first-order valence-electron chi connectivity index (χ1n) is 8.14. The van der Waals surface area contributed by atoms with Crippen molar-refractivity contribution in [1.29, 1.82) is 0 Å². The average molecular weight is 314 g/mol. The van der Waals surface area contributed by atoms with Crippen LogP contribution in [0.2, 0.25) is 0 Å². The van der Waals surface area contributed by atoms with Gasteiger partial charge in [0.1, 0.15) is 5.82 Å². The van der Waals surface area contributed by atoms with Gasteiger partial charge in [-0.3, -0.25) is 4.90 Å². The Hall–Kier alpha value is -2.01. The number of nitrogens with zero attached hydrogens (tertiary/aromatic N) is 4. The molecule has 1 aliphatic rings. The fraction of sp³-hybridized carbons (Fsp3) is 0.444. The van der Waals surface area contributed by atoms with Crippen LogP contribution in [0, 0.1) is 19.7 Å². The van der Waals surface area contributed by atoms with Crippen molar-refractivity contribution in [2.75, 3.05) is 31.1 Å². The van der Waals surface area contributed by atoms with Crippen LogP contribution in [0.25, 0.3) is 0 Å². The second-order valence-electron chi connectivity index (χ2n) is 6.22. The molecule has 0 aliphatic carbocycles. The van der Waals surface area contributed by atoms with Gasteiger partial charge in [-0.2, -0.15) is 5.10 Å². The third-order valence-electron chi connectivity index (χ3n) is 4.51. The molecule has 1 aromatic carbocycles. The maximum absolute atomic E-state index is 13.3. The van der Waals surface area contributed by atoms with Gasteiger partial charge >= 0.3 is 0 Å². The van der Waals surface area contributed by atoms with Crippen LogP contribution < -0.4 is 4.90 Å². The van der Waals surface area contributed by atoms with Crippen molar-refractivity contribution in [3.8, 4) is 0 Å². The van der Waals surface area contributed by atoms with E-state index in [9.17, 15) is 4.39 Å². The Morgan fingerprint density at radius 1 is 1.13 bits per heavy atom. The summed E-state index contributed by atoms with van der Waals surface area (Å²) in [4.78, 5) is 4.70. The molecule has 1 fully saturated rings. The van der Waals surface area contributed by atoms with E-state index in [1.165, 1.54) is 17.2 Å². The highest BCUT2D eigenvalue weighted by atomic mass is 19.1. The van der Waals surface area contributed by atoms with Crippen molar-refractivity contribution < 1.29 is 4.39 Å². The molecule has 0 bridgehead atoms. The summed E-state index contributed by atoms with van der Waals surface area (Å²) in [6.07, 6.45) is 2.89. The van der Waals surface area contributed by atoms with E-state index in [-0.39, 0.29) is 5.82 Å². The third kappa shape index (κ3) is 3.85. The first-order valence-corrected chi connectivity index (χ1v) is 8.14. The van der Waals surface area contributed by atoms with Gasteiger partial charge < -0.3 is 4.90 Å². The van der Waals surface area contributed by atoms with Crippen molar-refractivity contribution in [3.05, 3.63) is 53.0 Å². The Labute approximate surface area is 136 Å². The molecule has 0 N–H and O–H groups in total. The number of halogens is 1. The van der Waals surface area contributed by atoms with E-state index in [2.05, 4.69) is 33.8 Å². The fourth-order valence-electron chi connectivity index (χ4n) is 3.05. The normalized spacial score (nSPS) is 16.4. The van der Waals surface area contributed by atoms with E-state index < -0.39 is 0 Å². The summed E-state index contributed by atoms with van der Waals surface area (Å²) in [5.74, 6) is 0.835. The van der Waals surface area contributed by atoms with Crippen LogP contribution in [-0.2, 0) is 6.54 Å². The summed E-state index contributed by atoms with van der Waals surface area (Å²) in [7, 11) is 0. The maximum atomic E-state index is 13.3. The predicted molar refractivity (Wildman–Crippen MR) is 90.0 cm³/mol. The molecule has 122 valence electrons. The van der Waals surface area contributed by atoms with Crippen molar-refractivity contribution in [2.24, 2.45) is 0 Å². The quantitative estimate of drug-likeness (QED) is 0.872. The van der Waals surface area contributed by atoms with Crippen LogP contribution in [0.1, 0.15) is 23.1 Å². The van der Waals surface area contributed by atoms with Gasteiger partial charge in [0.25, 0.3) is 0 Å². The number of hydrogen-bond acceptors (Lipinski definition) is 4. The molecule has 0 atom stereocenters. The SMILES string of the molecule is Cc1cnnc(N2CCCN(Cc3cccc(F)c3)CC2)c1C. The summed E-state index contributed by atoms with van der Waals surface area (Å²) in [6, 6.07) is 6.88. The third-order valence-corrected chi connectivity index (χ3v) is 4.51. The lowest BCUT2D eigenvalue weighted by Gasteiger charge is -2.24. The molecule has 1 saturated heterocycles. The predicted octanol–water partition coefficient (Wildman–Crippen LogP) is 2.94. The average Bonchev–Trinajstić information content (AvgIpc) is 2.76. The summed E-state index contributed by atoms with van der Waals surface area (Å²) >= 11 is 0. The standard InChI is InChI=1S/C18H23FN4/c1-14-12-20-21-18(15(14)2)23-8-4-7-22(9-10-23)13-16-5-3-6-17(19)11-16/h3,5-6,11-12H,4,7-10,13H2,1-2H3. The molecule has 0 radical (unpaired) electrons. The highest BCUT2D eigenvalue weighted by Crippen LogP contribution is 2.20. The van der Waals surface area contributed by atoms with Gasteiger partial charge in [-0.05, 0) is 49.1 Å². The van der Waals surface area contributed by atoms with Gasteiger partial charge in [0.15, 0.2) is 5.82 Å². The highest BCUT2D eigenvalue weighted by Gasteiger charge is 2.18. The highest BCUT2D eigenvalue weighted by molar-refractivity contribution is 5.48. The largest absolute Gasteiger partial charge is 0.354 e. The minimum absolute atomic E-state index is 0.162. The zero-order valence-corrected chi connectivity index (χ0v) is 13.8. The van der Waals surface area contributed by atoms with Crippen molar-refractivity contribution >= 4 is 5.82 Å². The van der Waals surface area contributed by atoms with Gasteiger partial charge in [0.05, 0.1) is 6.20 Å². The van der Waals surface area contributed by atoms with Crippen molar-refractivity contribution in [1.82, 2.24) is 15.1 Å². The van der Waals surface area contributed by atoms with Crippen LogP contribution in [0.3, 0.4) is 0 Å². The lowest BCUT2D eigenvalue weighted by molar-refractivity contribution is 0.285.